The quantitative estimate of drug-likeness (QED) is 0.144. The van der Waals surface area contributed by atoms with Crippen molar-refractivity contribution in [2.45, 2.75) is 97.6 Å². The number of hydrazine groups is 1. The average Bonchev–Trinajstić information content (AvgIpc) is 3.78. The number of nitrogens with one attached hydrogen (secondary N) is 2. The number of thiazole rings is 1. The monoisotopic (exact) mass is 871 g/mol. The van der Waals surface area contributed by atoms with Gasteiger partial charge in [0.2, 0.25) is 5.91 Å². The number of rotatable bonds is 8. The number of hydrogen-bond donors (Lipinski definition) is 2. The van der Waals surface area contributed by atoms with E-state index in [1.54, 1.807) is 18.5 Å². The summed E-state index contributed by atoms with van der Waals surface area (Å²) in [5.74, 6) is -2.17. The number of anilines is 1. The number of amides is 2. The Bertz CT molecular complexity index is 2270. The van der Waals surface area contributed by atoms with Gasteiger partial charge in [0.25, 0.3) is 5.91 Å². The Morgan fingerprint density at radius 3 is 2.57 bits per heavy atom. The Morgan fingerprint density at radius 2 is 1.87 bits per heavy atom. The fraction of sp³-hybridized carbons (Fsp3) is 0.558. The van der Waals surface area contributed by atoms with E-state index in [2.05, 4.69) is 15.6 Å². The lowest BCUT2D eigenvalue weighted by atomic mass is 9.84. The second kappa shape index (κ2) is 18.0. The molecule has 0 spiro atoms. The molecule has 3 aromatic heterocycles. The Kier molecular flexibility index (Phi) is 13.1. The molecule has 13 nitrogen and oxygen atoms in total. The van der Waals surface area contributed by atoms with Crippen LogP contribution in [0.4, 0.5) is 23.2 Å². The Morgan fingerprint density at radius 1 is 1.11 bits per heavy atom. The highest BCUT2D eigenvalue weighted by atomic mass is 32.1. The second-order valence-corrected chi connectivity index (χ2v) is 18.2. The molecule has 0 aliphatic carbocycles. The third-order valence-electron chi connectivity index (χ3n) is 11.3. The SMILES string of the molecule is COC(C)c1ncc(N2CCOCC2)cc1-c1c2c3cc(c(F)cc3n1CC(F)(F)F)-c1csc(n1)C[C@H](NC(=O)CC(C)C)C(=O)N1CCCC(N1)C(=O)OCC(C)(C)C2. The maximum atomic E-state index is 16.6. The second-order valence-electron chi connectivity index (χ2n) is 17.3. The van der Waals surface area contributed by atoms with E-state index in [0.29, 0.717) is 72.0 Å². The van der Waals surface area contributed by atoms with E-state index in [4.69, 9.17) is 24.2 Å². The predicted molar refractivity (Wildman–Crippen MR) is 222 cm³/mol. The number of aromatic nitrogens is 3. The third kappa shape index (κ3) is 10.0. The van der Waals surface area contributed by atoms with Crippen LogP contribution in [-0.2, 0) is 48.0 Å². The number of hydrogen-bond acceptors (Lipinski definition) is 11. The van der Waals surface area contributed by atoms with Crippen LogP contribution in [0.5, 0.6) is 0 Å². The van der Waals surface area contributed by atoms with Crippen LogP contribution in [-0.4, -0.2) is 102 Å². The first kappa shape index (κ1) is 44.4. The van der Waals surface area contributed by atoms with Crippen molar-refractivity contribution >= 4 is 45.7 Å². The van der Waals surface area contributed by atoms with Gasteiger partial charge in [0.1, 0.15) is 24.4 Å². The first-order valence-corrected chi connectivity index (χ1v) is 21.5. The molecule has 2 N–H and O–H groups in total. The summed E-state index contributed by atoms with van der Waals surface area (Å²) < 4.78 is 79.4. The van der Waals surface area contributed by atoms with Crippen molar-refractivity contribution in [3.8, 4) is 22.5 Å². The maximum absolute atomic E-state index is 16.6. The summed E-state index contributed by atoms with van der Waals surface area (Å²) in [4.78, 5) is 52.4. The minimum absolute atomic E-state index is 0.0130. The first-order chi connectivity index (χ1) is 28.9. The lowest BCUT2D eigenvalue weighted by Crippen LogP contribution is -2.60. The largest absolute Gasteiger partial charge is 0.464 e. The molecular formula is C43H53F4N7O6S. The molecule has 2 fully saturated rings. The van der Waals surface area contributed by atoms with Gasteiger partial charge in [-0.3, -0.25) is 24.4 Å². The summed E-state index contributed by atoms with van der Waals surface area (Å²) in [5, 5.41) is 6.61. The lowest BCUT2D eigenvalue weighted by molar-refractivity contribution is -0.155. The highest BCUT2D eigenvalue weighted by Crippen LogP contribution is 2.44. The van der Waals surface area contributed by atoms with Crippen LogP contribution < -0.4 is 15.6 Å². The van der Waals surface area contributed by atoms with Gasteiger partial charge in [-0.1, -0.05) is 27.7 Å². The summed E-state index contributed by atoms with van der Waals surface area (Å²) in [6.45, 7) is 9.99. The highest BCUT2D eigenvalue weighted by Gasteiger charge is 2.38. The van der Waals surface area contributed by atoms with Crippen molar-refractivity contribution in [3.05, 3.63) is 51.9 Å². The first-order valence-electron chi connectivity index (χ1n) is 20.7. The fourth-order valence-electron chi connectivity index (χ4n) is 8.28. The summed E-state index contributed by atoms with van der Waals surface area (Å²) in [6, 6.07) is 2.54. The van der Waals surface area contributed by atoms with Crippen molar-refractivity contribution < 1.29 is 46.2 Å². The van der Waals surface area contributed by atoms with Crippen LogP contribution in [0.25, 0.3) is 33.4 Å². The van der Waals surface area contributed by atoms with Crippen LogP contribution in [0.15, 0.2) is 29.8 Å². The standard InChI is InChI=1S/C43H53F4N7O6S/c1-24(2)14-36(55)49-33-18-37-50-34(21-61-37)28-16-27-30(19-42(4,5)23-60-41(57)32-8-7-9-54(51-32)40(33)56)39(53(22-43(45,46)47)35(27)17-31(28)44)29-15-26(52-10-12-59-13-11-52)20-48-38(29)25(3)58-6/h15-17,20-21,24-25,32-33,51H,7-14,18-19,22-23H2,1-6H3,(H,49,55)/t25?,32?,33-/m0/s1. The van der Waals surface area contributed by atoms with Gasteiger partial charge in [0.15, 0.2) is 0 Å². The molecule has 3 aliphatic heterocycles. The van der Waals surface area contributed by atoms with Crippen LogP contribution >= 0.6 is 11.3 Å². The molecule has 3 aliphatic rings. The van der Waals surface area contributed by atoms with E-state index < -0.39 is 54.0 Å². The number of cyclic esters (lactones) is 1. The molecule has 2 unspecified atom stereocenters. The van der Waals surface area contributed by atoms with Gasteiger partial charge in [-0.25, -0.2) is 14.8 Å². The van der Waals surface area contributed by atoms with Gasteiger partial charge in [0.05, 0.1) is 65.4 Å². The molecule has 1 aromatic carbocycles. The summed E-state index contributed by atoms with van der Waals surface area (Å²) >= 11 is 1.17. The van der Waals surface area contributed by atoms with Crippen LogP contribution in [0.1, 0.15) is 76.3 Å². The van der Waals surface area contributed by atoms with Crippen molar-refractivity contribution in [1.29, 1.82) is 0 Å². The number of pyridine rings is 1. The summed E-state index contributed by atoms with van der Waals surface area (Å²) in [5.41, 5.74) is 4.57. The van der Waals surface area contributed by atoms with Gasteiger partial charge in [0, 0.05) is 66.9 Å². The van der Waals surface area contributed by atoms with E-state index in [-0.39, 0.29) is 66.7 Å². The third-order valence-corrected chi connectivity index (χ3v) is 12.2. The predicted octanol–water partition coefficient (Wildman–Crippen LogP) is 6.77. The molecule has 330 valence electrons. The number of fused-ring (bicyclic) bond motifs is 6. The number of morpholine rings is 1. The number of benzene rings is 1. The van der Waals surface area contributed by atoms with Crippen LogP contribution in [0.2, 0.25) is 0 Å². The summed E-state index contributed by atoms with van der Waals surface area (Å²) in [7, 11) is 1.50. The Hall–Kier alpha value is -4.65. The van der Waals surface area contributed by atoms with Gasteiger partial charge in [-0.05, 0) is 55.9 Å². The van der Waals surface area contributed by atoms with Crippen molar-refractivity contribution in [2.75, 3.05) is 51.5 Å². The Balaban J connectivity index is 1.45. The van der Waals surface area contributed by atoms with Crippen molar-refractivity contribution in [1.82, 2.24) is 30.3 Å². The molecule has 3 atom stereocenters. The van der Waals surface area contributed by atoms with Gasteiger partial charge >= 0.3 is 12.1 Å². The fourth-order valence-corrected chi connectivity index (χ4v) is 9.12. The normalized spacial score (nSPS) is 20.8. The average molecular weight is 872 g/mol. The van der Waals surface area contributed by atoms with E-state index in [1.807, 2.05) is 33.8 Å². The zero-order valence-corrected chi connectivity index (χ0v) is 36.1. The molecular weight excluding hydrogens is 819 g/mol. The number of ether oxygens (including phenoxy) is 3. The zero-order chi connectivity index (χ0) is 43.8. The number of carbonyl (C=O) groups excluding carboxylic acids is 3. The van der Waals surface area contributed by atoms with E-state index in [1.165, 1.54) is 29.5 Å². The number of alkyl halides is 3. The number of esters is 1. The van der Waals surface area contributed by atoms with Gasteiger partial charge < -0.3 is 29.0 Å². The number of nitrogens with zero attached hydrogens (tertiary/aromatic N) is 5. The van der Waals surface area contributed by atoms with Crippen molar-refractivity contribution in [2.24, 2.45) is 11.3 Å². The number of methoxy groups -OCH3 is 1. The van der Waals surface area contributed by atoms with Crippen LogP contribution in [0, 0.1) is 17.2 Å². The van der Waals surface area contributed by atoms with Gasteiger partial charge in [-0.15, -0.1) is 11.3 Å². The van der Waals surface area contributed by atoms with E-state index >= 15 is 4.39 Å². The molecule has 61 heavy (non-hydrogen) atoms. The molecule has 2 amide bonds. The molecule has 4 aromatic rings. The van der Waals surface area contributed by atoms with Gasteiger partial charge in [-0.2, -0.15) is 13.2 Å². The molecule has 6 heterocycles. The molecule has 0 saturated carbocycles. The van der Waals surface area contributed by atoms with E-state index in [0.717, 1.165) is 10.6 Å². The minimum Gasteiger partial charge on any atom is -0.464 e. The molecule has 7 rings (SSSR count). The molecule has 18 heteroatoms. The molecule has 6 bridgehead atoms. The van der Waals surface area contributed by atoms with Crippen molar-refractivity contribution in [3.63, 3.8) is 0 Å². The lowest BCUT2D eigenvalue weighted by Gasteiger charge is -2.35. The van der Waals surface area contributed by atoms with E-state index in [9.17, 15) is 27.6 Å². The topological polar surface area (TPSA) is 140 Å². The number of carbonyl (C=O) groups is 3. The summed E-state index contributed by atoms with van der Waals surface area (Å²) in [6.07, 6.45) is -2.54. The smallest absolute Gasteiger partial charge is 0.406 e. The minimum atomic E-state index is -4.71. The molecule has 2 saturated heterocycles. The van der Waals surface area contributed by atoms with Crippen LogP contribution in [0.3, 0.4) is 0 Å². The molecule has 0 radical (unpaired) electrons. The zero-order valence-electron chi connectivity index (χ0n) is 35.3. The maximum Gasteiger partial charge on any atom is 0.406 e. The Labute approximate surface area is 356 Å². The highest BCUT2D eigenvalue weighted by molar-refractivity contribution is 7.10. The number of halogens is 4.